The molecule has 0 bridgehead atoms. The Morgan fingerprint density at radius 2 is 1.69 bits per heavy atom. The van der Waals surface area contributed by atoms with E-state index in [0.29, 0.717) is 35.3 Å². The Kier molecular flexibility index (Phi) is 4.56. The van der Waals surface area contributed by atoms with E-state index in [4.69, 9.17) is 4.74 Å². The van der Waals surface area contributed by atoms with Gasteiger partial charge in [0.15, 0.2) is 0 Å². The number of aryl methyl sites for hydroxylation is 1. The molecule has 9 nitrogen and oxygen atoms in total. The monoisotopic (exact) mass is 432 g/mol. The van der Waals surface area contributed by atoms with Crippen molar-refractivity contribution in [3.63, 3.8) is 0 Å². The topological polar surface area (TPSA) is 101 Å². The summed E-state index contributed by atoms with van der Waals surface area (Å²) < 4.78 is 10.7. The number of nitro benzene ring substituents is 1. The van der Waals surface area contributed by atoms with Gasteiger partial charge in [0.05, 0.1) is 33.8 Å². The number of non-ortho nitro benzene ring substituents is 1. The van der Waals surface area contributed by atoms with Crippen LogP contribution >= 0.6 is 0 Å². The number of fused-ring (bicyclic) bond motifs is 3. The third-order valence-electron chi connectivity index (χ3n) is 6.01. The molecule has 3 heterocycles. The molecule has 0 N–H and O–H groups in total. The second kappa shape index (κ2) is 7.31. The minimum atomic E-state index is -0.581. The predicted octanol–water partition coefficient (Wildman–Crippen LogP) is 2.73. The highest BCUT2D eigenvalue weighted by atomic mass is 16.6. The van der Waals surface area contributed by atoms with Gasteiger partial charge >= 0.3 is 5.69 Å². The summed E-state index contributed by atoms with van der Waals surface area (Å²) in [6.07, 6.45) is -0.581. The molecule has 0 saturated carbocycles. The van der Waals surface area contributed by atoms with E-state index in [-0.39, 0.29) is 11.2 Å². The number of hydrogen-bond donors (Lipinski definition) is 0. The van der Waals surface area contributed by atoms with Crippen molar-refractivity contribution in [2.45, 2.75) is 12.6 Å². The Hall–Kier alpha value is -3.98. The Morgan fingerprint density at radius 1 is 1.00 bits per heavy atom. The van der Waals surface area contributed by atoms with Gasteiger partial charge in [-0.25, -0.2) is 4.79 Å². The average molecular weight is 432 g/mol. The molecule has 0 unspecified atom stereocenters. The van der Waals surface area contributed by atoms with Gasteiger partial charge in [0.25, 0.3) is 11.2 Å². The first-order valence-corrected chi connectivity index (χ1v) is 10.1. The molecule has 162 valence electrons. The fraction of sp³-hybridized carbons (Fsp3) is 0.217. The molecule has 0 aliphatic carbocycles. The van der Waals surface area contributed by atoms with E-state index < -0.39 is 16.7 Å². The molecule has 5 rings (SSSR count). The highest BCUT2D eigenvalue weighted by Gasteiger charge is 2.33. The second-order valence-corrected chi connectivity index (χ2v) is 7.78. The van der Waals surface area contributed by atoms with Crippen molar-refractivity contribution in [1.29, 1.82) is 0 Å². The normalized spacial score (nSPS) is 15.6. The molecule has 2 aromatic carbocycles. The molecule has 1 aliphatic rings. The molecular formula is C23H20N4O5. The maximum absolute atomic E-state index is 13.3. The molecule has 0 saturated heterocycles. The standard InChI is InChI=1S/C23H20N4O5/c1-24-19-17(22(28)25(2)23(24)29)18(14-6-4-3-5-7-14)26-12-13-32-21(20(19)26)15-8-10-16(11-9-15)27(30)31/h3-11,21H,12-13H2,1-2H3/t21-/m1/s1. The van der Waals surface area contributed by atoms with Crippen LogP contribution in [0.2, 0.25) is 0 Å². The minimum absolute atomic E-state index is 0.0176. The van der Waals surface area contributed by atoms with Crippen molar-refractivity contribution in [2.24, 2.45) is 14.1 Å². The average Bonchev–Trinajstić information content (AvgIpc) is 3.17. The van der Waals surface area contributed by atoms with E-state index >= 15 is 0 Å². The lowest BCUT2D eigenvalue weighted by molar-refractivity contribution is -0.384. The van der Waals surface area contributed by atoms with Crippen LogP contribution in [0.25, 0.3) is 22.2 Å². The first kappa shape index (κ1) is 20.0. The first-order valence-electron chi connectivity index (χ1n) is 10.1. The van der Waals surface area contributed by atoms with Gasteiger partial charge in [-0.15, -0.1) is 0 Å². The number of aromatic nitrogens is 3. The summed E-state index contributed by atoms with van der Waals surface area (Å²) in [6.45, 7) is 0.902. The van der Waals surface area contributed by atoms with Crippen molar-refractivity contribution in [2.75, 3.05) is 6.61 Å². The van der Waals surface area contributed by atoms with Gasteiger partial charge in [-0.2, -0.15) is 0 Å². The van der Waals surface area contributed by atoms with Crippen LogP contribution in [-0.4, -0.2) is 25.2 Å². The summed E-state index contributed by atoms with van der Waals surface area (Å²) in [7, 11) is 3.11. The molecule has 0 radical (unpaired) electrons. The summed E-state index contributed by atoms with van der Waals surface area (Å²) in [5.41, 5.74) is 2.71. The van der Waals surface area contributed by atoms with E-state index in [1.807, 2.05) is 34.9 Å². The molecule has 9 heteroatoms. The van der Waals surface area contributed by atoms with E-state index in [0.717, 1.165) is 15.8 Å². The van der Waals surface area contributed by atoms with E-state index in [1.165, 1.54) is 23.7 Å². The Morgan fingerprint density at radius 3 is 2.34 bits per heavy atom. The van der Waals surface area contributed by atoms with Gasteiger partial charge in [-0.1, -0.05) is 30.3 Å². The molecule has 1 atom stereocenters. The van der Waals surface area contributed by atoms with Gasteiger partial charge < -0.3 is 9.30 Å². The Labute approximate surface area is 181 Å². The number of ether oxygens (including phenoxy) is 1. The third-order valence-corrected chi connectivity index (χ3v) is 6.01. The fourth-order valence-corrected chi connectivity index (χ4v) is 4.50. The van der Waals surface area contributed by atoms with E-state index in [1.54, 1.807) is 19.2 Å². The number of hydrogen-bond acceptors (Lipinski definition) is 5. The molecule has 2 aromatic heterocycles. The summed E-state index contributed by atoms with van der Waals surface area (Å²) in [4.78, 5) is 36.7. The van der Waals surface area contributed by atoms with Gasteiger partial charge in [-0.05, 0) is 23.3 Å². The summed E-state index contributed by atoms with van der Waals surface area (Å²) >= 11 is 0. The van der Waals surface area contributed by atoms with Crippen molar-refractivity contribution < 1.29 is 9.66 Å². The smallest absolute Gasteiger partial charge is 0.331 e. The quantitative estimate of drug-likeness (QED) is 0.366. The van der Waals surface area contributed by atoms with Crippen molar-refractivity contribution in [3.8, 4) is 11.3 Å². The maximum Gasteiger partial charge on any atom is 0.331 e. The van der Waals surface area contributed by atoms with Crippen LogP contribution in [0.15, 0.2) is 64.2 Å². The van der Waals surface area contributed by atoms with Crippen LogP contribution in [0.1, 0.15) is 17.4 Å². The Balaban J connectivity index is 1.88. The van der Waals surface area contributed by atoms with Crippen LogP contribution in [0.3, 0.4) is 0 Å². The molecule has 1 aliphatic heterocycles. The Bertz CT molecular complexity index is 1480. The zero-order valence-corrected chi connectivity index (χ0v) is 17.5. The van der Waals surface area contributed by atoms with Gasteiger partial charge in [0, 0.05) is 32.8 Å². The fourth-order valence-electron chi connectivity index (χ4n) is 4.50. The van der Waals surface area contributed by atoms with Crippen molar-refractivity contribution in [1.82, 2.24) is 13.7 Å². The number of rotatable bonds is 3. The lowest BCUT2D eigenvalue weighted by Gasteiger charge is -2.27. The van der Waals surface area contributed by atoms with Crippen LogP contribution in [0, 0.1) is 10.1 Å². The molecular weight excluding hydrogens is 412 g/mol. The molecule has 32 heavy (non-hydrogen) atoms. The number of benzene rings is 2. The van der Waals surface area contributed by atoms with Gasteiger partial charge in [0.1, 0.15) is 6.10 Å². The summed E-state index contributed by atoms with van der Waals surface area (Å²) in [6, 6.07) is 15.7. The number of nitrogens with zero attached hydrogens (tertiary/aromatic N) is 4. The number of nitro groups is 1. The molecule has 0 fully saturated rings. The van der Waals surface area contributed by atoms with Crippen LogP contribution in [-0.2, 0) is 25.4 Å². The van der Waals surface area contributed by atoms with Gasteiger partial charge in [0.2, 0.25) is 0 Å². The largest absolute Gasteiger partial charge is 0.365 e. The minimum Gasteiger partial charge on any atom is -0.365 e. The highest BCUT2D eigenvalue weighted by molar-refractivity contribution is 5.96. The van der Waals surface area contributed by atoms with Crippen LogP contribution in [0.4, 0.5) is 5.69 Å². The lowest BCUT2D eigenvalue weighted by Crippen LogP contribution is -2.37. The summed E-state index contributed by atoms with van der Waals surface area (Å²) in [5, 5.41) is 11.5. The van der Waals surface area contributed by atoms with Gasteiger partial charge in [-0.3, -0.25) is 24.0 Å². The first-order chi connectivity index (χ1) is 15.4. The zero-order chi connectivity index (χ0) is 22.6. The third kappa shape index (κ3) is 2.82. The van der Waals surface area contributed by atoms with Crippen molar-refractivity contribution >= 4 is 16.6 Å². The zero-order valence-electron chi connectivity index (χ0n) is 17.5. The molecule has 4 aromatic rings. The second-order valence-electron chi connectivity index (χ2n) is 7.78. The maximum atomic E-state index is 13.3. The highest BCUT2D eigenvalue weighted by Crippen LogP contribution is 2.40. The predicted molar refractivity (Wildman–Crippen MR) is 119 cm³/mol. The van der Waals surface area contributed by atoms with Crippen molar-refractivity contribution in [3.05, 3.63) is 96.8 Å². The SMILES string of the molecule is Cn1c(=O)c2c(-c3ccccc3)n3c(c2n(C)c1=O)[C@@H](c1ccc([N+](=O)[O-])cc1)OCC3. The van der Waals surface area contributed by atoms with E-state index in [9.17, 15) is 19.7 Å². The van der Waals surface area contributed by atoms with E-state index in [2.05, 4.69) is 0 Å². The van der Waals surface area contributed by atoms with Crippen LogP contribution < -0.4 is 11.2 Å². The molecule has 0 spiro atoms. The lowest BCUT2D eigenvalue weighted by atomic mass is 10.0. The summed E-state index contributed by atoms with van der Waals surface area (Å²) in [5.74, 6) is 0. The molecule has 0 amide bonds. The van der Waals surface area contributed by atoms with Crippen LogP contribution in [0.5, 0.6) is 0 Å².